The first-order chi connectivity index (χ1) is 10.0. The van der Waals surface area contributed by atoms with E-state index in [0.29, 0.717) is 44.0 Å². The normalized spacial score (nSPS) is 15.0. The zero-order valence-corrected chi connectivity index (χ0v) is 12.2. The van der Waals surface area contributed by atoms with Gasteiger partial charge in [0.05, 0.1) is 6.61 Å². The lowest BCUT2D eigenvalue weighted by atomic mass is 10.2. The van der Waals surface area contributed by atoms with Gasteiger partial charge in [-0.3, -0.25) is 9.59 Å². The molecule has 7 heteroatoms. The maximum atomic E-state index is 12.3. The lowest BCUT2D eigenvalue weighted by Gasteiger charge is -2.34. The number of H-pyrrole nitrogens is 1. The molecule has 114 valence electrons. The molecule has 2 amide bonds. The Kier molecular flexibility index (Phi) is 4.62. The number of aryl methyl sites for hydroxylation is 1. The number of aromatic nitrogens is 1. The molecule has 0 radical (unpaired) electrons. The van der Waals surface area contributed by atoms with E-state index >= 15 is 0 Å². The fourth-order valence-electron chi connectivity index (χ4n) is 2.30. The highest BCUT2D eigenvalue weighted by atomic mass is 16.6. The summed E-state index contributed by atoms with van der Waals surface area (Å²) in [6.07, 6.45) is -0.350. The molecule has 0 saturated carbocycles. The van der Waals surface area contributed by atoms with E-state index in [1.807, 2.05) is 0 Å². The first kappa shape index (κ1) is 15.1. The van der Waals surface area contributed by atoms with Gasteiger partial charge in [-0.05, 0) is 19.9 Å². The van der Waals surface area contributed by atoms with Crippen molar-refractivity contribution in [1.82, 2.24) is 14.8 Å². The maximum Gasteiger partial charge on any atom is 0.409 e. The molecule has 1 aromatic rings. The van der Waals surface area contributed by atoms with Crippen molar-refractivity contribution < 1.29 is 14.3 Å². The number of nitrogens with one attached hydrogen (secondary N) is 1. The summed E-state index contributed by atoms with van der Waals surface area (Å²) >= 11 is 0. The Morgan fingerprint density at radius 1 is 1.19 bits per heavy atom. The number of hydrogen-bond acceptors (Lipinski definition) is 4. The molecule has 0 bridgehead atoms. The largest absolute Gasteiger partial charge is 0.450 e. The maximum absolute atomic E-state index is 12.3. The topological polar surface area (TPSA) is 82.7 Å². The molecule has 2 heterocycles. The van der Waals surface area contributed by atoms with Crippen LogP contribution in [0, 0.1) is 6.92 Å². The van der Waals surface area contributed by atoms with Crippen LogP contribution < -0.4 is 5.56 Å². The average Bonchev–Trinajstić information content (AvgIpc) is 2.46. The van der Waals surface area contributed by atoms with Gasteiger partial charge in [0.15, 0.2) is 0 Å². The fraction of sp³-hybridized carbons (Fsp3) is 0.500. The van der Waals surface area contributed by atoms with Crippen LogP contribution in [0.3, 0.4) is 0 Å². The van der Waals surface area contributed by atoms with Crippen LogP contribution in [0.5, 0.6) is 0 Å². The predicted octanol–water partition coefficient (Wildman–Crippen LogP) is 0.598. The predicted molar refractivity (Wildman–Crippen MR) is 76.3 cm³/mol. The molecule has 0 atom stereocenters. The minimum absolute atomic E-state index is 0.187. The van der Waals surface area contributed by atoms with Crippen molar-refractivity contribution in [3.05, 3.63) is 33.7 Å². The van der Waals surface area contributed by atoms with Gasteiger partial charge >= 0.3 is 6.09 Å². The number of hydrogen-bond donors (Lipinski definition) is 1. The Hall–Kier alpha value is -2.31. The first-order valence-electron chi connectivity index (χ1n) is 6.93. The molecule has 0 spiro atoms. The van der Waals surface area contributed by atoms with Gasteiger partial charge in [0.1, 0.15) is 0 Å². The number of nitrogens with zero attached hydrogens (tertiary/aromatic N) is 2. The summed E-state index contributed by atoms with van der Waals surface area (Å²) in [5, 5.41) is 0. The van der Waals surface area contributed by atoms with Gasteiger partial charge < -0.3 is 19.5 Å². The molecule has 7 nitrogen and oxygen atoms in total. The van der Waals surface area contributed by atoms with E-state index in [0.717, 1.165) is 0 Å². The first-order valence-corrected chi connectivity index (χ1v) is 6.93. The van der Waals surface area contributed by atoms with E-state index in [1.165, 1.54) is 6.07 Å². The van der Waals surface area contributed by atoms with Crippen molar-refractivity contribution in [2.45, 2.75) is 13.8 Å². The quantitative estimate of drug-likeness (QED) is 0.865. The van der Waals surface area contributed by atoms with Gasteiger partial charge in [0.25, 0.3) is 5.91 Å². The zero-order chi connectivity index (χ0) is 15.4. The van der Waals surface area contributed by atoms with E-state index in [-0.39, 0.29) is 17.6 Å². The minimum atomic E-state index is -0.350. The molecule has 1 aliphatic heterocycles. The van der Waals surface area contributed by atoms with Crippen LogP contribution in [0.1, 0.15) is 23.0 Å². The number of piperazine rings is 1. The molecule has 1 fully saturated rings. The van der Waals surface area contributed by atoms with Gasteiger partial charge in [0.2, 0.25) is 5.56 Å². The summed E-state index contributed by atoms with van der Waals surface area (Å²) in [6.45, 7) is 5.57. The van der Waals surface area contributed by atoms with Crippen molar-refractivity contribution in [3.8, 4) is 0 Å². The van der Waals surface area contributed by atoms with E-state index in [2.05, 4.69) is 4.98 Å². The molecular weight excluding hydrogens is 274 g/mol. The highest BCUT2D eigenvalue weighted by Gasteiger charge is 2.25. The van der Waals surface area contributed by atoms with Gasteiger partial charge in [-0.1, -0.05) is 0 Å². The van der Waals surface area contributed by atoms with Crippen LogP contribution in [0.25, 0.3) is 0 Å². The summed E-state index contributed by atoms with van der Waals surface area (Å²) in [6, 6.07) is 2.95. The van der Waals surface area contributed by atoms with Crippen molar-refractivity contribution >= 4 is 12.0 Å². The van der Waals surface area contributed by atoms with E-state index in [1.54, 1.807) is 29.7 Å². The molecule has 0 unspecified atom stereocenters. The lowest BCUT2D eigenvalue weighted by molar-refractivity contribution is 0.0570. The molecule has 1 aliphatic rings. The van der Waals surface area contributed by atoms with Crippen molar-refractivity contribution in [2.75, 3.05) is 32.8 Å². The monoisotopic (exact) mass is 293 g/mol. The smallest absolute Gasteiger partial charge is 0.409 e. The second kappa shape index (κ2) is 6.43. The molecular formula is C14H19N3O4. The SMILES string of the molecule is CCOC(=O)N1CCN(C(=O)c2cc(C)[nH]c(=O)c2)CC1. The summed E-state index contributed by atoms with van der Waals surface area (Å²) in [4.78, 5) is 41.2. The zero-order valence-electron chi connectivity index (χ0n) is 12.2. The van der Waals surface area contributed by atoms with Gasteiger partial charge in [-0.25, -0.2) is 4.79 Å². The Bertz CT molecular complexity index is 588. The van der Waals surface area contributed by atoms with Crippen LogP contribution in [0.15, 0.2) is 16.9 Å². The van der Waals surface area contributed by atoms with Crippen LogP contribution in [0.4, 0.5) is 4.79 Å². The minimum Gasteiger partial charge on any atom is -0.450 e. The van der Waals surface area contributed by atoms with Crippen molar-refractivity contribution in [3.63, 3.8) is 0 Å². The number of carbonyl (C=O) groups is 2. The molecule has 0 aliphatic carbocycles. The van der Waals surface area contributed by atoms with E-state index in [4.69, 9.17) is 4.74 Å². The van der Waals surface area contributed by atoms with Crippen molar-refractivity contribution in [1.29, 1.82) is 0 Å². The van der Waals surface area contributed by atoms with E-state index < -0.39 is 0 Å². The highest BCUT2D eigenvalue weighted by Crippen LogP contribution is 2.09. The highest BCUT2D eigenvalue weighted by molar-refractivity contribution is 5.94. The van der Waals surface area contributed by atoms with Crippen LogP contribution >= 0.6 is 0 Å². The van der Waals surface area contributed by atoms with Crippen LogP contribution in [0.2, 0.25) is 0 Å². The third kappa shape index (κ3) is 3.62. The van der Waals surface area contributed by atoms with Crippen molar-refractivity contribution in [2.24, 2.45) is 0 Å². The number of aromatic amines is 1. The van der Waals surface area contributed by atoms with Gasteiger partial charge in [0, 0.05) is 43.5 Å². The molecule has 21 heavy (non-hydrogen) atoms. The number of rotatable bonds is 2. The Balaban J connectivity index is 2.00. The molecule has 1 N–H and O–H groups in total. The lowest BCUT2D eigenvalue weighted by Crippen LogP contribution is -2.50. The second-order valence-corrected chi connectivity index (χ2v) is 4.89. The van der Waals surface area contributed by atoms with E-state index in [9.17, 15) is 14.4 Å². The van der Waals surface area contributed by atoms with Crippen LogP contribution in [-0.2, 0) is 4.74 Å². The second-order valence-electron chi connectivity index (χ2n) is 4.89. The van der Waals surface area contributed by atoms with Crippen LogP contribution in [-0.4, -0.2) is 59.6 Å². The fourth-order valence-corrected chi connectivity index (χ4v) is 2.30. The summed E-state index contributed by atoms with van der Waals surface area (Å²) in [5.74, 6) is -0.187. The van der Waals surface area contributed by atoms with Gasteiger partial charge in [-0.2, -0.15) is 0 Å². The summed E-state index contributed by atoms with van der Waals surface area (Å²) in [5.41, 5.74) is 0.736. The molecule has 2 rings (SSSR count). The Morgan fingerprint density at radius 3 is 2.38 bits per heavy atom. The molecule has 1 aromatic heterocycles. The third-order valence-electron chi connectivity index (χ3n) is 3.32. The number of pyridine rings is 1. The molecule has 1 saturated heterocycles. The standard InChI is InChI=1S/C14H19N3O4/c1-3-21-14(20)17-6-4-16(5-7-17)13(19)11-8-10(2)15-12(18)9-11/h8-9H,3-7H2,1-2H3,(H,15,18). The number of ether oxygens (including phenoxy) is 1. The number of amides is 2. The summed E-state index contributed by atoms with van der Waals surface area (Å²) < 4.78 is 4.93. The average molecular weight is 293 g/mol. The third-order valence-corrected chi connectivity index (χ3v) is 3.32. The van der Waals surface area contributed by atoms with Gasteiger partial charge in [-0.15, -0.1) is 0 Å². The Labute approximate surface area is 122 Å². The Morgan fingerprint density at radius 2 is 1.81 bits per heavy atom. The number of carbonyl (C=O) groups excluding carboxylic acids is 2. The summed E-state index contributed by atoms with van der Waals surface area (Å²) in [7, 11) is 0. The molecule has 0 aromatic carbocycles.